The van der Waals surface area contributed by atoms with Crippen molar-refractivity contribution < 1.29 is 0 Å². The number of H-pyrrole nitrogens is 2. The number of fused-ring (bicyclic) bond motifs is 1. The normalized spacial score (nSPS) is 9.43. The van der Waals surface area contributed by atoms with Crippen molar-refractivity contribution >= 4 is 11.0 Å². The lowest BCUT2D eigenvalue weighted by Gasteiger charge is -1.70. The molecule has 0 saturated carbocycles. The molecule has 0 atom stereocenters. The monoisotopic (exact) mass is 185 g/mol. The number of rotatable bonds is 0. The Balaban J connectivity index is 0.000000112. The minimum absolute atomic E-state index is 1.10. The van der Waals surface area contributed by atoms with E-state index in [1.807, 2.05) is 42.7 Å². The summed E-state index contributed by atoms with van der Waals surface area (Å²) in [5, 5.41) is 1.24. The van der Waals surface area contributed by atoms with Crippen molar-refractivity contribution in [3.8, 4) is 0 Å². The van der Waals surface area contributed by atoms with Gasteiger partial charge in [-0.3, -0.25) is 4.98 Å². The van der Waals surface area contributed by atoms with Crippen molar-refractivity contribution in [1.29, 1.82) is 0 Å². The van der Waals surface area contributed by atoms with Crippen LogP contribution in [0.2, 0.25) is 0 Å². The molecule has 0 fully saturated rings. The SMILES string of the molecule is c1cc2cc[nH]c2[nH]1.c1ccncc1. The summed E-state index contributed by atoms with van der Waals surface area (Å²) in [6.07, 6.45) is 7.34. The molecule has 0 saturated heterocycles. The minimum Gasteiger partial charge on any atom is -0.348 e. The molecule has 0 unspecified atom stereocenters. The van der Waals surface area contributed by atoms with Gasteiger partial charge in [-0.25, -0.2) is 0 Å². The molecule has 3 rings (SSSR count). The van der Waals surface area contributed by atoms with Crippen LogP contribution in [-0.2, 0) is 0 Å². The van der Waals surface area contributed by atoms with E-state index >= 15 is 0 Å². The smallest absolute Gasteiger partial charge is 0.114 e. The highest BCUT2D eigenvalue weighted by Crippen LogP contribution is 2.06. The first kappa shape index (κ1) is 8.56. The van der Waals surface area contributed by atoms with E-state index in [1.54, 1.807) is 12.4 Å². The number of nitrogens with one attached hydrogen (secondary N) is 2. The summed E-state index contributed by atoms with van der Waals surface area (Å²) in [7, 11) is 0. The molecule has 3 aromatic heterocycles. The highest BCUT2D eigenvalue weighted by Gasteiger charge is 1.88. The fourth-order valence-corrected chi connectivity index (χ4v) is 1.17. The van der Waals surface area contributed by atoms with Crippen LogP contribution < -0.4 is 0 Å². The Hall–Kier alpha value is -2.03. The Morgan fingerprint density at radius 1 is 0.857 bits per heavy atom. The standard InChI is InChI=1S/C6H6N2.C5H5N/c1-3-7-6-5(1)2-4-8-6;1-2-4-6-5-3-1/h1-4,7-8H;1-5H. The van der Waals surface area contributed by atoms with Crippen LogP contribution >= 0.6 is 0 Å². The zero-order chi connectivity index (χ0) is 9.64. The molecular formula is C11H11N3. The molecule has 0 bridgehead atoms. The zero-order valence-corrected chi connectivity index (χ0v) is 7.64. The third-order valence-electron chi connectivity index (χ3n) is 1.84. The van der Waals surface area contributed by atoms with Gasteiger partial charge in [0.05, 0.1) is 0 Å². The third-order valence-corrected chi connectivity index (χ3v) is 1.84. The Morgan fingerprint density at radius 3 is 1.86 bits per heavy atom. The van der Waals surface area contributed by atoms with Gasteiger partial charge in [0.15, 0.2) is 0 Å². The molecule has 3 heterocycles. The van der Waals surface area contributed by atoms with Gasteiger partial charge in [0.1, 0.15) is 5.65 Å². The third kappa shape index (κ3) is 2.01. The lowest BCUT2D eigenvalue weighted by molar-refractivity contribution is 1.33. The van der Waals surface area contributed by atoms with Gasteiger partial charge in [-0.2, -0.15) is 0 Å². The number of aromatic amines is 2. The van der Waals surface area contributed by atoms with Crippen LogP contribution in [0.1, 0.15) is 0 Å². The molecule has 14 heavy (non-hydrogen) atoms. The first-order valence-electron chi connectivity index (χ1n) is 4.42. The van der Waals surface area contributed by atoms with Crippen LogP contribution in [0.3, 0.4) is 0 Å². The Kier molecular flexibility index (Phi) is 2.62. The van der Waals surface area contributed by atoms with Gasteiger partial charge < -0.3 is 9.97 Å². The average molecular weight is 185 g/mol. The Bertz CT molecular complexity index is 389. The van der Waals surface area contributed by atoms with E-state index in [1.165, 1.54) is 5.39 Å². The summed E-state index contributed by atoms with van der Waals surface area (Å²) in [4.78, 5) is 9.87. The topological polar surface area (TPSA) is 44.5 Å². The van der Waals surface area contributed by atoms with E-state index in [0.717, 1.165) is 5.65 Å². The Labute approximate surface area is 81.8 Å². The zero-order valence-electron chi connectivity index (χ0n) is 7.64. The first-order chi connectivity index (χ1) is 6.97. The fourth-order valence-electron chi connectivity index (χ4n) is 1.17. The number of hydrogen-bond donors (Lipinski definition) is 2. The van der Waals surface area contributed by atoms with Crippen molar-refractivity contribution in [2.45, 2.75) is 0 Å². The summed E-state index contributed by atoms with van der Waals surface area (Å²) in [5.41, 5.74) is 1.10. The minimum atomic E-state index is 1.10. The largest absolute Gasteiger partial charge is 0.348 e. The van der Waals surface area contributed by atoms with Crippen molar-refractivity contribution in [1.82, 2.24) is 15.0 Å². The highest BCUT2D eigenvalue weighted by molar-refractivity contribution is 5.75. The molecule has 0 radical (unpaired) electrons. The van der Waals surface area contributed by atoms with Gasteiger partial charge in [-0.15, -0.1) is 0 Å². The second-order valence-corrected chi connectivity index (χ2v) is 2.81. The molecule has 0 aliphatic rings. The van der Waals surface area contributed by atoms with E-state index in [4.69, 9.17) is 0 Å². The number of pyridine rings is 1. The van der Waals surface area contributed by atoms with Crippen molar-refractivity contribution in [2.75, 3.05) is 0 Å². The maximum Gasteiger partial charge on any atom is 0.114 e. The quantitative estimate of drug-likeness (QED) is 0.555. The second kappa shape index (κ2) is 4.28. The highest BCUT2D eigenvalue weighted by atomic mass is 14.8. The van der Waals surface area contributed by atoms with E-state index in [2.05, 4.69) is 15.0 Å². The van der Waals surface area contributed by atoms with Gasteiger partial charge in [-0.1, -0.05) is 6.07 Å². The molecular weight excluding hydrogens is 174 g/mol. The van der Waals surface area contributed by atoms with E-state index in [9.17, 15) is 0 Å². The van der Waals surface area contributed by atoms with Crippen LogP contribution in [-0.4, -0.2) is 15.0 Å². The average Bonchev–Trinajstić information content (AvgIpc) is 2.82. The lowest BCUT2D eigenvalue weighted by Crippen LogP contribution is -1.58. The fraction of sp³-hybridized carbons (Fsp3) is 0. The van der Waals surface area contributed by atoms with Gasteiger partial charge in [0, 0.05) is 30.2 Å². The Morgan fingerprint density at radius 2 is 1.50 bits per heavy atom. The van der Waals surface area contributed by atoms with E-state index in [0.29, 0.717) is 0 Å². The summed E-state index contributed by atoms with van der Waals surface area (Å²) in [6.45, 7) is 0. The van der Waals surface area contributed by atoms with Crippen LogP contribution in [0, 0.1) is 0 Å². The first-order valence-corrected chi connectivity index (χ1v) is 4.42. The predicted molar refractivity (Wildman–Crippen MR) is 56.9 cm³/mol. The predicted octanol–water partition coefficient (Wildman–Crippen LogP) is 2.58. The molecule has 3 aromatic rings. The maximum atomic E-state index is 3.78. The van der Waals surface area contributed by atoms with Crippen molar-refractivity contribution in [2.24, 2.45) is 0 Å². The summed E-state index contributed by atoms with van der Waals surface area (Å²) >= 11 is 0. The van der Waals surface area contributed by atoms with Crippen LogP contribution in [0.5, 0.6) is 0 Å². The second-order valence-electron chi connectivity index (χ2n) is 2.81. The molecule has 0 aliphatic heterocycles. The number of hydrogen-bond acceptors (Lipinski definition) is 1. The molecule has 0 aromatic carbocycles. The van der Waals surface area contributed by atoms with Crippen molar-refractivity contribution in [3.05, 3.63) is 55.1 Å². The van der Waals surface area contributed by atoms with Crippen LogP contribution in [0.4, 0.5) is 0 Å². The van der Waals surface area contributed by atoms with Gasteiger partial charge in [-0.05, 0) is 24.3 Å². The molecule has 3 nitrogen and oxygen atoms in total. The molecule has 0 spiro atoms. The molecule has 2 N–H and O–H groups in total. The van der Waals surface area contributed by atoms with E-state index < -0.39 is 0 Å². The number of nitrogens with zero attached hydrogens (tertiary/aromatic N) is 1. The van der Waals surface area contributed by atoms with Gasteiger partial charge in [0.2, 0.25) is 0 Å². The molecule has 70 valence electrons. The summed E-state index contributed by atoms with van der Waals surface area (Å²) in [6, 6.07) is 9.78. The van der Waals surface area contributed by atoms with Crippen LogP contribution in [0.15, 0.2) is 55.1 Å². The lowest BCUT2D eigenvalue weighted by atomic mass is 10.4. The van der Waals surface area contributed by atoms with E-state index in [-0.39, 0.29) is 0 Å². The molecule has 0 amide bonds. The number of aromatic nitrogens is 3. The summed E-state index contributed by atoms with van der Waals surface area (Å²) < 4.78 is 0. The summed E-state index contributed by atoms with van der Waals surface area (Å²) in [5.74, 6) is 0. The molecule has 3 heteroatoms. The van der Waals surface area contributed by atoms with Crippen LogP contribution in [0.25, 0.3) is 11.0 Å². The van der Waals surface area contributed by atoms with Crippen molar-refractivity contribution in [3.63, 3.8) is 0 Å². The van der Waals surface area contributed by atoms with Gasteiger partial charge in [0.25, 0.3) is 0 Å². The van der Waals surface area contributed by atoms with Gasteiger partial charge >= 0.3 is 0 Å². The maximum absolute atomic E-state index is 3.78. The molecule has 0 aliphatic carbocycles.